The largest absolute Gasteiger partial charge is 0.347 e. The molecule has 0 aromatic rings. The van der Waals surface area contributed by atoms with Gasteiger partial charge in [-0.25, -0.2) is 0 Å². The van der Waals surface area contributed by atoms with Gasteiger partial charge in [0, 0.05) is 11.1 Å². The highest BCUT2D eigenvalue weighted by molar-refractivity contribution is 7.85. The molecule has 0 aliphatic carbocycles. The van der Waals surface area contributed by atoms with Gasteiger partial charge in [0.15, 0.2) is 0 Å². The number of hydrogen-bond donors (Lipinski definition) is 2. The number of hydrogen-bond acceptors (Lipinski definition) is 3. The van der Waals surface area contributed by atoms with Gasteiger partial charge in [0.1, 0.15) is 0 Å². The van der Waals surface area contributed by atoms with Crippen LogP contribution in [-0.2, 0) is 14.9 Å². The molecule has 1 amide bonds. The summed E-state index contributed by atoms with van der Waals surface area (Å²) in [5.41, 5.74) is -0.332. The molecule has 0 spiro atoms. The average Bonchev–Trinajstić information content (AvgIpc) is 1.99. The Kier molecular flexibility index (Phi) is 4.48. The molecule has 0 aromatic heterocycles. The van der Waals surface area contributed by atoms with Crippen LogP contribution < -0.4 is 5.32 Å². The van der Waals surface area contributed by atoms with E-state index in [0.29, 0.717) is 5.57 Å². The first kappa shape index (κ1) is 14.1. The Morgan fingerprint density at radius 2 is 1.93 bits per heavy atom. The third kappa shape index (κ3) is 7.10. The van der Waals surface area contributed by atoms with E-state index in [0.717, 1.165) is 0 Å². The zero-order valence-electron chi connectivity index (χ0n) is 9.20. The van der Waals surface area contributed by atoms with Crippen molar-refractivity contribution in [2.45, 2.75) is 32.7 Å². The number of rotatable bonds is 5. The van der Waals surface area contributed by atoms with Crippen LogP contribution in [0.3, 0.4) is 0 Å². The van der Waals surface area contributed by atoms with Crippen LogP contribution in [0.25, 0.3) is 0 Å². The maximum atomic E-state index is 11.3. The van der Waals surface area contributed by atoms with Crippen LogP contribution in [-0.4, -0.2) is 30.2 Å². The zero-order chi connectivity index (χ0) is 12.3. The number of carbonyl (C=O) groups excluding carboxylic acids is 1. The summed E-state index contributed by atoms with van der Waals surface area (Å²) in [6.45, 7) is 8.39. The lowest BCUT2D eigenvalue weighted by Crippen LogP contribution is -2.44. The fourth-order valence-electron chi connectivity index (χ4n) is 0.861. The van der Waals surface area contributed by atoms with Crippen molar-refractivity contribution in [3.05, 3.63) is 12.2 Å². The predicted molar refractivity (Wildman–Crippen MR) is 58.1 cm³/mol. The Bertz CT molecular complexity index is 356. The fraction of sp³-hybridized carbons (Fsp3) is 0.667. The maximum absolute atomic E-state index is 11.3. The van der Waals surface area contributed by atoms with Crippen molar-refractivity contribution in [3.63, 3.8) is 0 Å². The van der Waals surface area contributed by atoms with Gasteiger partial charge in [-0.15, -0.1) is 0 Å². The molecule has 0 rings (SSSR count). The van der Waals surface area contributed by atoms with Gasteiger partial charge in [0.05, 0.1) is 5.75 Å². The predicted octanol–water partition coefficient (Wildman–Crippen LogP) is 0.735. The van der Waals surface area contributed by atoms with E-state index in [1.807, 2.05) is 0 Å². The number of amides is 1. The standard InChI is InChI=1S/C9H17NO4S/c1-7(2)8(11)10-9(3,4)5-6-15(12,13)14/h1,5-6H2,2-4H3,(H,10,11)(H,12,13,14). The molecular weight excluding hydrogens is 218 g/mol. The molecule has 0 aliphatic heterocycles. The van der Waals surface area contributed by atoms with Crippen molar-refractivity contribution >= 4 is 16.0 Å². The van der Waals surface area contributed by atoms with Crippen molar-refractivity contribution in [1.82, 2.24) is 5.32 Å². The van der Waals surface area contributed by atoms with Gasteiger partial charge in [-0.2, -0.15) is 8.42 Å². The van der Waals surface area contributed by atoms with E-state index < -0.39 is 15.7 Å². The van der Waals surface area contributed by atoms with Crippen LogP contribution in [0.5, 0.6) is 0 Å². The first-order chi connectivity index (χ1) is 6.53. The summed E-state index contributed by atoms with van der Waals surface area (Å²) in [5, 5.41) is 2.61. The molecule has 15 heavy (non-hydrogen) atoms. The third-order valence-corrected chi connectivity index (χ3v) is 2.54. The summed E-state index contributed by atoms with van der Waals surface area (Å²) < 4.78 is 29.6. The third-order valence-electron chi connectivity index (χ3n) is 1.82. The average molecular weight is 235 g/mol. The smallest absolute Gasteiger partial charge is 0.264 e. The lowest BCUT2D eigenvalue weighted by Gasteiger charge is -2.25. The minimum Gasteiger partial charge on any atom is -0.347 e. The topological polar surface area (TPSA) is 83.5 Å². The first-order valence-corrected chi connectivity index (χ1v) is 6.07. The second-order valence-electron chi connectivity index (χ2n) is 4.15. The van der Waals surface area contributed by atoms with Crippen molar-refractivity contribution in [1.29, 1.82) is 0 Å². The molecule has 0 saturated heterocycles. The van der Waals surface area contributed by atoms with Gasteiger partial charge in [-0.1, -0.05) is 6.58 Å². The highest BCUT2D eigenvalue weighted by Gasteiger charge is 2.22. The molecule has 2 N–H and O–H groups in total. The second-order valence-corrected chi connectivity index (χ2v) is 5.73. The summed E-state index contributed by atoms with van der Waals surface area (Å²) in [7, 11) is -3.99. The summed E-state index contributed by atoms with van der Waals surface area (Å²) in [4.78, 5) is 11.3. The Hall–Kier alpha value is -0.880. The number of nitrogens with one attached hydrogen (secondary N) is 1. The SMILES string of the molecule is C=C(C)C(=O)NC(C)(C)CCS(=O)(=O)O. The quantitative estimate of drug-likeness (QED) is 0.543. The Morgan fingerprint density at radius 1 is 1.47 bits per heavy atom. The van der Waals surface area contributed by atoms with E-state index in [4.69, 9.17) is 4.55 Å². The lowest BCUT2D eigenvalue weighted by atomic mass is 10.0. The monoisotopic (exact) mass is 235 g/mol. The Balaban J connectivity index is 4.32. The first-order valence-electron chi connectivity index (χ1n) is 4.47. The highest BCUT2D eigenvalue weighted by atomic mass is 32.2. The lowest BCUT2D eigenvalue weighted by molar-refractivity contribution is -0.119. The molecule has 6 heteroatoms. The number of carbonyl (C=O) groups is 1. The molecular formula is C9H17NO4S. The minimum absolute atomic E-state index is 0.144. The highest BCUT2D eigenvalue weighted by Crippen LogP contribution is 2.10. The summed E-state index contributed by atoms with van der Waals surface area (Å²) in [6.07, 6.45) is 0.144. The van der Waals surface area contributed by atoms with Gasteiger partial charge in [-0.05, 0) is 27.2 Å². The van der Waals surface area contributed by atoms with Crippen LogP contribution in [0.1, 0.15) is 27.2 Å². The summed E-state index contributed by atoms with van der Waals surface area (Å²) in [6, 6.07) is 0. The summed E-state index contributed by atoms with van der Waals surface area (Å²) in [5.74, 6) is -0.702. The van der Waals surface area contributed by atoms with E-state index in [1.54, 1.807) is 20.8 Å². The van der Waals surface area contributed by atoms with E-state index in [1.165, 1.54) is 0 Å². The zero-order valence-corrected chi connectivity index (χ0v) is 10.0. The molecule has 88 valence electrons. The normalized spacial score (nSPS) is 12.3. The van der Waals surface area contributed by atoms with Crippen LogP contribution in [0.4, 0.5) is 0 Å². The van der Waals surface area contributed by atoms with Crippen LogP contribution in [0, 0.1) is 0 Å². The van der Waals surface area contributed by atoms with E-state index >= 15 is 0 Å². The molecule has 0 bridgehead atoms. The van der Waals surface area contributed by atoms with Crippen molar-refractivity contribution in [2.75, 3.05) is 5.75 Å². The van der Waals surface area contributed by atoms with Gasteiger partial charge >= 0.3 is 0 Å². The van der Waals surface area contributed by atoms with Crippen molar-refractivity contribution in [3.8, 4) is 0 Å². The molecule has 5 nitrogen and oxygen atoms in total. The Morgan fingerprint density at radius 3 is 2.27 bits per heavy atom. The molecule has 0 unspecified atom stereocenters. The van der Waals surface area contributed by atoms with Gasteiger partial charge in [0.25, 0.3) is 10.1 Å². The molecule has 0 aliphatic rings. The Labute approximate surface area is 90.3 Å². The maximum Gasteiger partial charge on any atom is 0.264 e. The molecule has 0 atom stereocenters. The minimum atomic E-state index is -3.99. The van der Waals surface area contributed by atoms with Crippen molar-refractivity contribution < 1.29 is 17.8 Å². The van der Waals surface area contributed by atoms with E-state index in [2.05, 4.69) is 11.9 Å². The molecule has 0 aromatic carbocycles. The summed E-state index contributed by atoms with van der Waals surface area (Å²) >= 11 is 0. The van der Waals surface area contributed by atoms with Gasteiger partial charge < -0.3 is 5.32 Å². The van der Waals surface area contributed by atoms with Crippen LogP contribution >= 0.6 is 0 Å². The van der Waals surface area contributed by atoms with E-state index in [9.17, 15) is 13.2 Å². The van der Waals surface area contributed by atoms with Crippen LogP contribution in [0.2, 0.25) is 0 Å². The van der Waals surface area contributed by atoms with Gasteiger partial charge in [0.2, 0.25) is 5.91 Å². The molecule has 0 radical (unpaired) electrons. The van der Waals surface area contributed by atoms with Crippen molar-refractivity contribution in [2.24, 2.45) is 0 Å². The molecule has 0 saturated carbocycles. The fourth-order valence-corrected chi connectivity index (χ4v) is 1.63. The molecule has 0 fully saturated rings. The van der Waals surface area contributed by atoms with Crippen LogP contribution in [0.15, 0.2) is 12.2 Å². The van der Waals surface area contributed by atoms with Gasteiger partial charge in [-0.3, -0.25) is 9.35 Å². The van der Waals surface area contributed by atoms with E-state index in [-0.39, 0.29) is 18.1 Å². The molecule has 0 heterocycles. The second kappa shape index (κ2) is 4.76.